The molecular formula is C20H18FN3O5S2. The standard InChI is InChI=1S/C20H18FN3O5S2/c1-3-29-19(26)17-12(2)22-20(30-17)23-18(25)13-5-4-6-15(11-13)24-31(27,28)16-9-7-14(21)8-10-16/h4-11,24H,3H2,1-2H3,(H,22,23,25). The zero-order valence-corrected chi connectivity index (χ0v) is 18.1. The van der Waals surface area contributed by atoms with E-state index in [0.29, 0.717) is 5.69 Å². The molecule has 0 fully saturated rings. The third kappa shape index (κ3) is 5.44. The summed E-state index contributed by atoms with van der Waals surface area (Å²) in [6.07, 6.45) is 0. The summed E-state index contributed by atoms with van der Waals surface area (Å²) in [6.45, 7) is 3.54. The fourth-order valence-electron chi connectivity index (χ4n) is 2.56. The quantitative estimate of drug-likeness (QED) is 0.515. The van der Waals surface area contributed by atoms with Crippen LogP contribution in [-0.2, 0) is 14.8 Å². The smallest absolute Gasteiger partial charge is 0.350 e. The largest absolute Gasteiger partial charge is 0.462 e. The zero-order chi connectivity index (χ0) is 22.6. The molecule has 2 aromatic carbocycles. The molecule has 2 N–H and O–H groups in total. The number of anilines is 2. The van der Waals surface area contributed by atoms with E-state index < -0.39 is 27.7 Å². The van der Waals surface area contributed by atoms with E-state index in [9.17, 15) is 22.4 Å². The number of thiazole rings is 1. The number of esters is 1. The van der Waals surface area contributed by atoms with Crippen molar-refractivity contribution in [1.29, 1.82) is 0 Å². The zero-order valence-electron chi connectivity index (χ0n) is 16.5. The molecule has 1 aromatic heterocycles. The van der Waals surface area contributed by atoms with E-state index >= 15 is 0 Å². The Kier molecular flexibility index (Phi) is 6.66. The SMILES string of the molecule is CCOC(=O)c1sc(NC(=O)c2cccc(NS(=O)(=O)c3ccc(F)cc3)c2)nc1C. The molecule has 8 nitrogen and oxygen atoms in total. The summed E-state index contributed by atoms with van der Waals surface area (Å²) in [4.78, 5) is 28.8. The van der Waals surface area contributed by atoms with E-state index in [-0.39, 0.29) is 32.8 Å². The van der Waals surface area contributed by atoms with Gasteiger partial charge in [0.2, 0.25) is 0 Å². The Morgan fingerprint density at radius 1 is 1.16 bits per heavy atom. The first-order chi connectivity index (χ1) is 14.7. The highest BCUT2D eigenvalue weighted by Gasteiger charge is 2.19. The highest BCUT2D eigenvalue weighted by Crippen LogP contribution is 2.24. The first-order valence-corrected chi connectivity index (χ1v) is 11.3. The van der Waals surface area contributed by atoms with Gasteiger partial charge in [-0.3, -0.25) is 14.8 Å². The fraction of sp³-hybridized carbons (Fsp3) is 0.150. The molecule has 31 heavy (non-hydrogen) atoms. The maximum absolute atomic E-state index is 13.0. The average Bonchev–Trinajstić information content (AvgIpc) is 3.08. The first kappa shape index (κ1) is 22.4. The number of nitrogens with zero attached hydrogens (tertiary/aromatic N) is 1. The summed E-state index contributed by atoms with van der Waals surface area (Å²) < 4.78 is 45.3. The summed E-state index contributed by atoms with van der Waals surface area (Å²) in [5.41, 5.74) is 0.754. The summed E-state index contributed by atoms with van der Waals surface area (Å²) >= 11 is 0.983. The van der Waals surface area contributed by atoms with Gasteiger partial charge in [0.1, 0.15) is 10.7 Å². The van der Waals surface area contributed by atoms with Gasteiger partial charge in [0.05, 0.1) is 17.2 Å². The summed E-state index contributed by atoms with van der Waals surface area (Å²) in [6, 6.07) is 10.2. The predicted octanol–water partition coefficient (Wildman–Crippen LogP) is 3.82. The van der Waals surface area contributed by atoms with E-state index in [0.717, 1.165) is 35.6 Å². The molecule has 0 saturated carbocycles. The minimum absolute atomic E-state index is 0.117. The molecular weight excluding hydrogens is 445 g/mol. The van der Waals surface area contributed by atoms with Crippen molar-refractivity contribution in [3.05, 3.63) is 70.5 Å². The van der Waals surface area contributed by atoms with Crippen LogP contribution >= 0.6 is 11.3 Å². The minimum atomic E-state index is -3.96. The summed E-state index contributed by atoms with van der Waals surface area (Å²) in [7, 11) is -3.96. The molecule has 0 bridgehead atoms. The molecule has 0 unspecified atom stereocenters. The molecule has 0 aliphatic carbocycles. The molecule has 0 aliphatic rings. The van der Waals surface area contributed by atoms with Crippen molar-refractivity contribution in [1.82, 2.24) is 4.98 Å². The highest BCUT2D eigenvalue weighted by atomic mass is 32.2. The lowest BCUT2D eigenvalue weighted by Crippen LogP contribution is -2.15. The van der Waals surface area contributed by atoms with Gasteiger partial charge in [-0.05, 0) is 56.3 Å². The van der Waals surface area contributed by atoms with Crippen LogP contribution in [0.25, 0.3) is 0 Å². The molecule has 3 aromatic rings. The number of nitrogens with one attached hydrogen (secondary N) is 2. The van der Waals surface area contributed by atoms with Gasteiger partial charge in [-0.25, -0.2) is 22.6 Å². The Hall–Kier alpha value is -3.31. The Morgan fingerprint density at radius 2 is 1.87 bits per heavy atom. The molecule has 0 spiro atoms. The number of halogens is 1. The van der Waals surface area contributed by atoms with Gasteiger partial charge in [-0.1, -0.05) is 17.4 Å². The molecule has 3 rings (SSSR count). The maximum Gasteiger partial charge on any atom is 0.350 e. The van der Waals surface area contributed by atoms with Crippen molar-refractivity contribution in [2.24, 2.45) is 0 Å². The molecule has 11 heteroatoms. The Morgan fingerprint density at radius 3 is 2.55 bits per heavy atom. The van der Waals surface area contributed by atoms with Crippen molar-refractivity contribution >= 4 is 44.1 Å². The van der Waals surface area contributed by atoms with Gasteiger partial charge in [0.25, 0.3) is 15.9 Å². The number of benzene rings is 2. The number of carbonyl (C=O) groups is 2. The predicted molar refractivity (Wildman–Crippen MR) is 114 cm³/mol. The van der Waals surface area contributed by atoms with Crippen LogP contribution in [0.4, 0.5) is 15.2 Å². The maximum atomic E-state index is 13.0. The van der Waals surface area contributed by atoms with E-state index in [1.165, 1.54) is 24.3 Å². The van der Waals surface area contributed by atoms with Gasteiger partial charge in [-0.2, -0.15) is 0 Å². The van der Waals surface area contributed by atoms with E-state index in [1.807, 2.05) is 0 Å². The summed E-state index contributed by atoms with van der Waals surface area (Å²) in [5, 5.41) is 2.80. The van der Waals surface area contributed by atoms with Gasteiger partial charge >= 0.3 is 5.97 Å². The summed E-state index contributed by atoms with van der Waals surface area (Å²) in [5.74, 6) is -1.61. The lowest BCUT2D eigenvalue weighted by Gasteiger charge is -2.09. The van der Waals surface area contributed by atoms with Crippen LogP contribution in [0.15, 0.2) is 53.4 Å². The third-order valence-corrected chi connectivity index (χ3v) is 6.43. The van der Waals surface area contributed by atoms with Crippen LogP contribution < -0.4 is 10.0 Å². The molecule has 1 heterocycles. The van der Waals surface area contributed by atoms with Crippen molar-refractivity contribution in [3.8, 4) is 0 Å². The normalized spacial score (nSPS) is 11.1. The van der Waals surface area contributed by atoms with Gasteiger partial charge in [-0.15, -0.1) is 0 Å². The van der Waals surface area contributed by atoms with Crippen LogP contribution in [-0.4, -0.2) is 31.9 Å². The van der Waals surface area contributed by atoms with Crippen molar-refractivity contribution in [2.45, 2.75) is 18.7 Å². The number of hydrogen-bond acceptors (Lipinski definition) is 7. The van der Waals surface area contributed by atoms with Crippen LogP contribution in [0.3, 0.4) is 0 Å². The van der Waals surface area contributed by atoms with Crippen molar-refractivity contribution in [3.63, 3.8) is 0 Å². The second-order valence-corrected chi connectivity index (χ2v) is 8.93. The van der Waals surface area contributed by atoms with Crippen molar-refractivity contribution < 1.29 is 27.1 Å². The highest BCUT2D eigenvalue weighted by molar-refractivity contribution is 7.92. The van der Waals surface area contributed by atoms with E-state index in [1.54, 1.807) is 13.8 Å². The molecule has 0 aliphatic heterocycles. The van der Waals surface area contributed by atoms with Crippen LogP contribution in [0, 0.1) is 12.7 Å². The second-order valence-electron chi connectivity index (χ2n) is 6.25. The van der Waals surface area contributed by atoms with Crippen LogP contribution in [0.5, 0.6) is 0 Å². The molecule has 0 radical (unpaired) electrons. The fourth-order valence-corrected chi connectivity index (χ4v) is 4.46. The molecule has 0 atom stereocenters. The number of aromatic nitrogens is 1. The van der Waals surface area contributed by atoms with Crippen molar-refractivity contribution in [2.75, 3.05) is 16.6 Å². The average molecular weight is 464 g/mol. The number of rotatable bonds is 7. The van der Waals surface area contributed by atoms with E-state index in [2.05, 4.69) is 15.0 Å². The number of aryl methyl sites for hydroxylation is 1. The number of sulfonamides is 1. The van der Waals surface area contributed by atoms with Crippen LogP contribution in [0.1, 0.15) is 32.6 Å². The van der Waals surface area contributed by atoms with Gasteiger partial charge in [0.15, 0.2) is 5.13 Å². The van der Waals surface area contributed by atoms with Gasteiger partial charge < -0.3 is 4.74 Å². The number of hydrogen-bond donors (Lipinski definition) is 2. The Balaban J connectivity index is 1.75. The topological polar surface area (TPSA) is 114 Å². The lowest BCUT2D eigenvalue weighted by molar-refractivity contribution is 0.0531. The second kappa shape index (κ2) is 9.23. The minimum Gasteiger partial charge on any atom is -0.462 e. The lowest BCUT2D eigenvalue weighted by atomic mass is 10.2. The number of carbonyl (C=O) groups excluding carboxylic acids is 2. The number of ether oxygens (including phenoxy) is 1. The molecule has 0 saturated heterocycles. The number of amides is 1. The first-order valence-electron chi connectivity index (χ1n) is 9.04. The Labute approximate surface area is 182 Å². The van der Waals surface area contributed by atoms with E-state index in [4.69, 9.17) is 4.74 Å². The Bertz CT molecular complexity index is 1220. The molecule has 162 valence electrons. The third-order valence-electron chi connectivity index (χ3n) is 3.98. The van der Waals surface area contributed by atoms with Gasteiger partial charge in [0, 0.05) is 11.3 Å². The molecule has 1 amide bonds. The monoisotopic (exact) mass is 463 g/mol. The van der Waals surface area contributed by atoms with Crippen LogP contribution in [0.2, 0.25) is 0 Å².